The van der Waals surface area contributed by atoms with E-state index >= 15 is 0 Å². The molecule has 0 N–H and O–H groups in total. The molecule has 2 aromatic carbocycles. The van der Waals surface area contributed by atoms with Gasteiger partial charge in [-0.15, -0.1) is 0 Å². The second kappa shape index (κ2) is 11.2. The predicted molar refractivity (Wildman–Crippen MR) is 114 cm³/mol. The van der Waals surface area contributed by atoms with E-state index in [1.807, 2.05) is 0 Å². The first-order chi connectivity index (χ1) is 14.5. The summed E-state index contributed by atoms with van der Waals surface area (Å²) in [5, 5.41) is 0. The smallest absolute Gasteiger partial charge is 0.133 e. The standard InChI is InChI=1S/C23H30O7/c1-25-16-11-20(27-3)18(21(12-16)28-4)9-7-15(24)8-10-19-22(29-5)13-17(26-2)14-23(19)30-6/h11-14H,7-10H2,1-6H3. The monoisotopic (exact) mass is 418 g/mol. The van der Waals surface area contributed by atoms with Gasteiger partial charge in [0, 0.05) is 48.2 Å². The molecule has 0 aliphatic rings. The number of ether oxygens (including phenoxy) is 6. The summed E-state index contributed by atoms with van der Waals surface area (Å²) in [4.78, 5) is 12.6. The van der Waals surface area contributed by atoms with Gasteiger partial charge in [-0.1, -0.05) is 0 Å². The highest BCUT2D eigenvalue weighted by atomic mass is 16.5. The normalized spacial score (nSPS) is 10.3. The molecule has 30 heavy (non-hydrogen) atoms. The fourth-order valence-electron chi connectivity index (χ4n) is 3.30. The van der Waals surface area contributed by atoms with Crippen LogP contribution in [0, 0.1) is 0 Å². The number of rotatable bonds is 12. The number of carbonyl (C=O) groups excluding carboxylic acids is 1. The fourth-order valence-corrected chi connectivity index (χ4v) is 3.30. The number of benzene rings is 2. The predicted octanol–water partition coefficient (Wildman–Crippen LogP) is 3.87. The number of methoxy groups -OCH3 is 6. The van der Waals surface area contributed by atoms with Gasteiger partial charge in [-0.05, 0) is 12.8 Å². The molecule has 0 aliphatic heterocycles. The van der Waals surface area contributed by atoms with Crippen LogP contribution < -0.4 is 28.4 Å². The number of Topliss-reactive ketones (excluding diaryl/α,β-unsaturated/α-hetero) is 1. The minimum atomic E-state index is 0.120. The Bertz CT molecular complexity index is 741. The Morgan fingerprint density at radius 1 is 0.567 bits per heavy atom. The summed E-state index contributed by atoms with van der Waals surface area (Å²) in [6, 6.07) is 7.15. The molecule has 0 unspecified atom stereocenters. The summed E-state index contributed by atoms with van der Waals surface area (Å²) in [6.45, 7) is 0. The summed E-state index contributed by atoms with van der Waals surface area (Å²) in [5.74, 6) is 3.94. The molecular formula is C23H30O7. The molecule has 0 saturated heterocycles. The first-order valence-corrected chi connectivity index (χ1v) is 9.60. The van der Waals surface area contributed by atoms with Crippen LogP contribution >= 0.6 is 0 Å². The van der Waals surface area contributed by atoms with E-state index in [1.54, 1.807) is 66.9 Å². The van der Waals surface area contributed by atoms with Gasteiger partial charge in [0.1, 0.15) is 40.3 Å². The zero-order valence-corrected chi connectivity index (χ0v) is 18.5. The lowest BCUT2D eigenvalue weighted by molar-refractivity contribution is -0.119. The molecule has 164 valence electrons. The first-order valence-electron chi connectivity index (χ1n) is 9.60. The minimum absolute atomic E-state index is 0.120. The quantitative estimate of drug-likeness (QED) is 0.518. The topological polar surface area (TPSA) is 72.5 Å². The van der Waals surface area contributed by atoms with Crippen LogP contribution in [0.1, 0.15) is 24.0 Å². The highest BCUT2D eigenvalue weighted by Gasteiger charge is 2.17. The average Bonchev–Trinajstić information content (AvgIpc) is 2.79. The van der Waals surface area contributed by atoms with Crippen LogP contribution in [-0.2, 0) is 17.6 Å². The van der Waals surface area contributed by atoms with Crippen LogP contribution in [0.2, 0.25) is 0 Å². The van der Waals surface area contributed by atoms with Crippen LogP contribution in [0.25, 0.3) is 0 Å². The van der Waals surface area contributed by atoms with Crippen molar-refractivity contribution in [3.8, 4) is 34.5 Å². The van der Waals surface area contributed by atoms with Gasteiger partial charge >= 0.3 is 0 Å². The highest BCUT2D eigenvalue weighted by molar-refractivity contribution is 5.79. The molecule has 2 aromatic rings. The Kier molecular flexibility index (Phi) is 8.65. The van der Waals surface area contributed by atoms with Crippen molar-refractivity contribution in [1.82, 2.24) is 0 Å². The van der Waals surface area contributed by atoms with E-state index in [4.69, 9.17) is 28.4 Å². The number of hydrogen-bond donors (Lipinski definition) is 0. The van der Waals surface area contributed by atoms with Gasteiger partial charge in [-0.3, -0.25) is 4.79 Å². The van der Waals surface area contributed by atoms with Crippen molar-refractivity contribution in [3.05, 3.63) is 35.4 Å². The third-order valence-electron chi connectivity index (χ3n) is 4.94. The molecular weight excluding hydrogens is 388 g/mol. The lowest BCUT2D eigenvalue weighted by Crippen LogP contribution is -2.06. The molecule has 0 saturated carbocycles. The highest BCUT2D eigenvalue weighted by Crippen LogP contribution is 2.36. The van der Waals surface area contributed by atoms with Crippen molar-refractivity contribution in [2.45, 2.75) is 25.7 Å². The molecule has 0 heterocycles. The average molecular weight is 418 g/mol. The van der Waals surface area contributed by atoms with Gasteiger partial charge in [0.15, 0.2) is 0 Å². The van der Waals surface area contributed by atoms with Crippen molar-refractivity contribution >= 4 is 5.78 Å². The number of hydrogen-bond acceptors (Lipinski definition) is 7. The molecule has 2 rings (SSSR count). The maximum atomic E-state index is 12.6. The van der Waals surface area contributed by atoms with Crippen LogP contribution in [0.3, 0.4) is 0 Å². The van der Waals surface area contributed by atoms with Crippen LogP contribution in [-0.4, -0.2) is 48.4 Å². The molecule has 0 atom stereocenters. The molecule has 0 spiro atoms. The van der Waals surface area contributed by atoms with Gasteiger partial charge < -0.3 is 28.4 Å². The Balaban J connectivity index is 2.10. The maximum absolute atomic E-state index is 12.6. The van der Waals surface area contributed by atoms with Crippen LogP contribution in [0.5, 0.6) is 34.5 Å². The minimum Gasteiger partial charge on any atom is -0.496 e. The van der Waals surface area contributed by atoms with E-state index in [-0.39, 0.29) is 5.78 Å². The van der Waals surface area contributed by atoms with Crippen molar-refractivity contribution in [3.63, 3.8) is 0 Å². The fraction of sp³-hybridized carbons (Fsp3) is 0.435. The summed E-state index contributed by atoms with van der Waals surface area (Å²) < 4.78 is 32.4. The lowest BCUT2D eigenvalue weighted by atomic mass is 10.00. The van der Waals surface area contributed by atoms with E-state index in [2.05, 4.69) is 0 Å². The summed E-state index contributed by atoms with van der Waals surface area (Å²) in [6.07, 6.45) is 1.73. The summed E-state index contributed by atoms with van der Waals surface area (Å²) in [7, 11) is 9.51. The van der Waals surface area contributed by atoms with Crippen LogP contribution in [0.4, 0.5) is 0 Å². The maximum Gasteiger partial charge on any atom is 0.133 e. The van der Waals surface area contributed by atoms with E-state index < -0.39 is 0 Å². The van der Waals surface area contributed by atoms with Crippen molar-refractivity contribution < 1.29 is 33.2 Å². The second-order valence-electron chi connectivity index (χ2n) is 6.56. The molecule has 7 heteroatoms. The van der Waals surface area contributed by atoms with Crippen molar-refractivity contribution in [2.24, 2.45) is 0 Å². The molecule has 0 fully saturated rings. The molecule has 0 aliphatic carbocycles. The lowest BCUT2D eigenvalue weighted by Gasteiger charge is -2.16. The zero-order chi connectivity index (χ0) is 22.1. The van der Waals surface area contributed by atoms with Gasteiger partial charge in [-0.25, -0.2) is 0 Å². The third-order valence-corrected chi connectivity index (χ3v) is 4.94. The van der Waals surface area contributed by atoms with Crippen LogP contribution in [0.15, 0.2) is 24.3 Å². The Labute approximate surface area is 177 Å². The Morgan fingerprint density at radius 2 is 0.867 bits per heavy atom. The molecule has 0 bridgehead atoms. The Morgan fingerprint density at radius 3 is 1.10 bits per heavy atom. The second-order valence-corrected chi connectivity index (χ2v) is 6.56. The number of carbonyl (C=O) groups is 1. The van der Waals surface area contributed by atoms with E-state index in [9.17, 15) is 4.79 Å². The molecule has 0 amide bonds. The number of ketones is 1. The van der Waals surface area contributed by atoms with Gasteiger partial charge in [-0.2, -0.15) is 0 Å². The van der Waals surface area contributed by atoms with E-state index in [0.717, 1.165) is 11.1 Å². The first kappa shape index (κ1) is 23.2. The van der Waals surface area contributed by atoms with Crippen molar-refractivity contribution in [2.75, 3.05) is 42.7 Å². The largest absolute Gasteiger partial charge is 0.496 e. The molecule has 0 aromatic heterocycles. The summed E-state index contributed by atoms with van der Waals surface area (Å²) in [5.41, 5.74) is 1.68. The van der Waals surface area contributed by atoms with Crippen molar-refractivity contribution in [1.29, 1.82) is 0 Å². The van der Waals surface area contributed by atoms with Gasteiger partial charge in [0.2, 0.25) is 0 Å². The third kappa shape index (κ3) is 5.49. The van der Waals surface area contributed by atoms with E-state index in [1.165, 1.54) is 0 Å². The summed E-state index contributed by atoms with van der Waals surface area (Å²) >= 11 is 0. The van der Waals surface area contributed by atoms with Gasteiger partial charge in [0.25, 0.3) is 0 Å². The SMILES string of the molecule is COc1cc(OC)c(CCC(=O)CCc2c(OC)cc(OC)cc2OC)c(OC)c1. The molecule has 7 nitrogen and oxygen atoms in total. The molecule has 0 radical (unpaired) electrons. The Hall–Kier alpha value is -3.09. The van der Waals surface area contributed by atoms with E-state index in [0.29, 0.717) is 60.2 Å². The zero-order valence-electron chi connectivity index (χ0n) is 18.5. The van der Waals surface area contributed by atoms with Gasteiger partial charge in [0.05, 0.1) is 42.7 Å².